The van der Waals surface area contributed by atoms with Crippen LogP contribution in [0.4, 0.5) is 0 Å². The summed E-state index contributed by atoms with van der Waals surface area (Å²) in [5, 5.41) is 2.62. The monoisotopic (exact) mass is 669 g/mol. The fourth-order valence-electron chi connectivity index (χ4n) is 5.44. The van der Waals surface area contributed by atoms with Gasteiger partial charge in [-0.2, -0.15) is 0 Å². The molecule has 3 aliphatic carbocycles. The number of rotatable bonds is 0. The highest BCUT2D eigenvalue weighted by atomic mass is 14.3. The van der Waals surface area contributed by atoms with Gasteiger partial charge in [-0.3, -0.25) is 0 Å². The molecule has 0 spiro atoms. The summed E-state index contributed by atoms with van der Waals surface area (Å²) >= 11 is 0. The van der Waals surface area contributed by atoms with Crippen LogP contribution in [0.3, 0.4) is 0 Å². The number of hydrogen-bond donors (Lipinski definition) is 0. The van der Waals surface area contributed by atoms with Crippen molar-refractivity contribution in [3.63, 3.8) is 0 Å². The van der Waals surface area contributed by atoms with Crippen LogP contribution in [-0.4, -0.2) is 0 Å². The van der Waals surface area contributed by atoms with Gasteiger partial charge in [0.2, 0.25) is 0 Å². The molecule has 0 aromatic heterocycles. The van der Waals surface area contributed by atoms with Gasteiger partial charge in [-0.25, -0.2) is 0 Å². The Hall–Kier alpha value is -2.08. The third-order valence-corrected chi connectivity index (χ3v) is 7.29. The Bertz CT molecular complexity index is 688. The summed E-state index contributed by atoms with van der Waals surface area (Å²) in [5.41, 5.74) is 0. The molecule has 0 heteroatoms. The van der Waals surface area contributed by atoms with E-state index >= 15 is 0 Å². The second kappa shape index (κ2) is 60.3. The van der Waals surface area contributed by atoms with Crippen LogP contribution in [0, 0.1) is 11.8 Å². The van der Waals surface area contributed by atoms with E-state index in [0.29, 0.717) is 0 Å². The summed E-state index contributed by atoms with van der Waals surface area (Å²) in [7, 11) is 0. The maximum atomic E-state index is 2.12. The van der Waals surface area contributed by atoms with Crippen LogP contribution in [-0.2, 0) is 0 Å². The summed E-state index contributed by atoms with van der Waals surface area (Å²) < 4.78 is 0. The Morgan fingerprint density at radius 3 is 0.583 bits per heavy atom. The maximum Gasteiger partial charge on any atom is -0.0184 e. The lowest BCUT2D eigenvalue weighted by molar-refractivity contribution is 0.171. The lowest BCUT2D eigenvalue weighted by Crippen LogP contribution is -2.22. The Morgan fingerprint density at radius 2 is 0.417 bits per heavy atom. The summed E-state index contributed by atoms with van der Waals surface area (Å²) in [5.74, 6) is 2.31. The van der Waals surface area contributed by atoms with Gasteiger partial charge in [0.15, 0.2) is 0 Å². The molecule has 6 rings (SSSR count). The van der Waals surface area contributed by atoms with Gasteiger partial charge in [0.1, 0.15) is 0 Å². The van der Waals surface area contributed by atoms with Crippen LogP contribution < -0.4 is 0 Å². The fourth-order valence-corrected chi connectivity index (χ4v) is 5.44. The zero-order valence-electron chi connectivity index (χ0n) is 36.1. The highest BCUT2D eigenvalue weighted by Crippen LogP contribution is 2.40. The second-order valence-corrected chi connectivity index (χ2v) is 9.71. The Labute approximate surface area is 307 Å². The minimum atomic E-state index is 1.16. The zero-order valence-corrected chi connectivity index (χ0v) is 36.1. The van der Waals surface area contributed by atoms with E-state index in [-0.39, 0.29) is 0 Å². The van der Waals surface area contributed by atoms with Crippen molar-refractivity contribution in [2.75, 3.05) is 0 Å². The summed E-state index contributed by atoms with van der Waals surface area (Å²) in [4.78, 5) is 0. The van der Waals surface area contributed by atoms with Gasteiger partial charge in [0, 0.05) is 0 Å². The molecule has 0 bridgehead atoms. The van der Waals surface area contributed by atoms with Crippen molar-refractivity contribution in [3.8, 4) is 0 Å². The number of hydrogen-bond acceptors (Lipinski definition) is 0. The molecule has 284 valence electrons. The van der Waals surface area contributed by atoms with E-state index in [1.807, 2.05) is 147 Å². The molecule has 0 heterocycles. The number of fused-ring (bicyclic) bond motifs is 2. The van der Waals surface area contributed by atoms with Crippen molar-refractivity contribution in [2.45, 2.75) is 201 Å². The van der Waals surface area contributed by atoms with Crippen LogP contribution >= 0.6 is 0 Å². The first kappa shape index (κ1) is 58.1. The predicted molar refractivity (Wildman–Crippen MR) is 233 cm³/mol. The molecule has 0 atom stereocenters. The average molecular weight is 669 g/mol. The molecule has 0 saturated heterocycles. The van der Waals surface area contributed by atoms with E-state index in [1.165, 1.54) is 75.0 Å². The highest BCUT2D eigenvalue weighted by Gasteiger charge is 2.26. The van der Waals surface area contributed by atoms with E-state index in [9.17, 15) is 0 Å². The van der Waals surface area contributed by atoms with E-state index in [2.05, 4.69) is 48.5 Å². The normalized spacial score (nSPS) is 15.6. The van der Waals surface area contributed by atoms with Crippen LogP contribution in [0.1, 0.15) is 201 Å². The molecular weight excluding hydrogens is 577 g/mol. The molecule has 3 aliphatic rings. The highest BCUT2D eigenvalue weighted by molar-refractivity contribution is 5.82. The van der Waals surface area contributed by atoms with Gasteiger partial charge in [0.25, 0.3) is 0 Å². The molecule has 3 aromatic carbocycles. The molecule has 0 aliphatic heterocycles. The van der Waals surface area contributed by atoms with Crippen LogP contribution in [0.15, 0.2) is 84.9 Å². The molecule has 0 unspecified atom stereocenters. The molecule has 0 amide bonds. The van der Waals surface area contributed by atoms with E-state index < -0.39 is 0 Å². The van der Waals surface area contributed by atoms with Crippen LogP contribution in [0.25, 0.3) is 10.8 Å². The average Bonchev–Trinajstić information content (AvgIpc) is 3.26. The van der Waals surface area contributed by atoms with Gasteiger partial charge in [-0.1, -0.05) is 286 Å². The standard InChI is InChI=1S/C10H18.C10H8.C6H12.C6H6.8C2H6/c2*1-2-6-10-8-4-3-7-9(10)5-1;2*1-2-4-6-5-3-1;8*1-2/h9-10H,1-8H2;1-8H;1-6H2;1-6H;8*1-2H3. The number of benzene rings is 3. The molecule has 3 saturated carbocycles. The van der Waals surface area contributed by atoms with E-state index in [1.54, 1.807) is 25.7 Å². The molecular formula is C48H92. The third kappa shape index (κ3) is 38.4. The Balaban J connectivity index is -0.000000109. The first-order chi connectivity index (χ1) is 23.9. The quantitative estimate of drug-likeness (QED) is 0.224. The van der Waals surface area contributed by atoms with Gasteiger partial charge in [-0.05, 0) is 22.6 Å². The lowest BCUT2D eigenvalue weighted by Gasteiger charge is -2.35. The molecule has 3 fully saturated rings. The summed E-state index contributed by atoms with van der Waals surface area (Å²) in [6, 6.07) is 28.7. The van der Waals surface area contributed by atoms with Crippen LogP contribution in [0.2, 0.25) is 0 Å². The van der Waals surface area contributed by atoms with Crippen molar-refractivity contribution >= 4 is 10.8 Å². The molecule has 0 radical (unpaired) electrons. The minimum absolute atomic E-state index is 1.16. The second-order valence-electron chi connectivity index (χ2n) is 9.71. The van der Waals surface area contributed by atoms with Crippen molar-refractivity contribution in [2.24, 2.45) is 11.8 Å². The van der Waals surface area contributed by atoms with Crippen molar-refractivity contribution in [1.29, 1.82) is 0 Å². The van der Waals surface area contributed by atoms with Crippen molar-refractivity contribution in [3.05, 3.63) is 84.9 Å². The maximum absolute atomic E-state index is 2.12. The Kier molecular flexibility index (Phi) is 73.0. The topological polar surface area (TPSA) is 0 Å². The van der Waals surface area contributed by atoms with Gasteiger partial charge in [-0.15, -0.1) is 0 Å². The van der Waals surface area contributed by atoms with Gasteiger partial charge >= 0.3 is 0 Å². The largest absolute Gasteiger partial charge is 0.0683 e. The van der Waals surface area contributed by atoms with E-state index in [0.717, 1.165) is 11.8 Å². The third-order valence-electron chi connectivity index (χ3n) is 7.29. The summed E-state index contributed by atoms with van der Waals surface area (Å²) in [6.07, 6.45) is 21.4. The smallest absolute Gasteiger partial charge is 0.0184 e. The van der Waals surface area contributed by atoms with Crippen molar-refractivity contribution < 1.29 is 0 Å². The SMILES string of the molecule is C1CCC2CCCCC2C1.C1CCCCC1.CC.CC.CC.CC.CC.CC.CC.CC.c1ccc2ccccc2c1.c1ccccc1. The molecule has 0 N–H and O–H groups in total. The van der Waals surface area contributed by atoms with Crippen LogP contribution in [0.5, 0.6) is 0 Å². The van der Waals surface area contributed by atoms with Gasteiger partial charge < -0.3 is 0 Å². The molecule has 48 heavy (non-hydrogen) atoms. The van der Waals surface area contributed by atoms with E-state index in [4.69, 9.17) is 0 Å². The fraction of sp³-hybridized carbons (Fsp3) is 0.667. The van der Waals surface area contributed by atoms with Crippen molar-refractivity contribution in [1.82, 2.24) is 0 Å². The lowest BCUT2D eigenvalue weighted by atomic mass is 9.71. The predicted octanol–water partition coefficient (Wildman–Crippen LogP) is 18.4. The Morgan fingerprint density at radius 1 is 0.250 bits per heavy atom. The first-order valence-corrected chi connectivity index (χ1v) is 21.4. The zero-order chi connectivity index (χ0) is 38.1. The van der Waals surface area contributed by atoms with Gasteiger partial charge in [0.05, 0.1) is 0 Å². The minimum Gasteiger partial charge on any atom is -0.0683 e. The molecule has 0 nitrogen and oxygen atoms in total. The molecule has 3 aromatic rings. The summed E-state index contributed by atoms with van der Waals surface area (Å²) in [6.45, 7) is 32.0. The first-order valence-electron chi connectivity index (χ1n) is 21.4.